The van der Waals surface area contributed by atoms with Crippen molar-refractivity contribution in [2.45, 2.75) is 32.0 Å². The molecule has 5 nitrogen and oxygen atoms in total. The van der Waals surface area contributed by atoms with E-state index in [4.69, 9.17) is 4.74 Å². The van der Waals surface area contributed by atoms with Crippen LogP contribution in [0.4, 0.5) is 13.6 Å². The average molecular weight is 347 g/mol. The zero-order chi connectivity index (χ0) is 17.8. The number of aromatic nitrogens is 1. The summed E-state index contributed by atoms with van der Waals surface area (Å²) in [5.74, 6) is -0.829. The van der Waals surface area contributed by atoms with E-state index >= 15 is 0 Å². The van der Waals surface area contributed by atoms with Crippen LogP contribution in [0, 0.1) is 11.6 Å². The molecule has 0 saturated heterocycles. The first-order chi connectivity index (χ1) is 12.1. The van der Waals surface area contributed by atoms with Gasteiger partial charge in [0.15, 0.2) is 0 Å². The van der Waals surface area contributed by atoms with Crippen molar-refractivity contribution in [2.75, 3.05) is 7.11 Å². The second kappa shape index (κ2) is 7.46. The third-order valence-electron chi connectivity index (χ3n) is 4.08. The topological polar surface area (TPSA) is 54.5 Å². The van der Waals surface area contributed by atoms with E-state index in [2.05, 4.69) is 10.3 Å². The number of carbonyl (C=O) groups is 1. The molecule has 0 atom stereocenters. The second-order valence-corrected chi connectivity index (χ2v) is 5.93. The van der Waals surface area contributed by atoms with E-state index in [-0.39, 0.29) is 25.2 Å². The maximum Gasteiger partial charge on any atom is 0.318 e. The molecule has 3 rings (SSSR count). The molecule has 0 spiro atoms. The normalized spacial score (nSPS) is 13.4. The molecule has 0 unspecified atom stereocenters. The van der Waals surface area contributed by atoms with E-state index in [0.717, 1.165) is 24.5 Å². The van der Waals surface area contributed by atoms with Gasteiger partial charge in [-0.25, -0.2) is 18.6 Å². The third kappa shape index (κ3) is 4.23. The first kappa shape index (κ1) is 17.1. The van der Waals surface area contributed by atoms with E-state index in [0.29, 0.717) is 11.4 Å². The zero-order valence-electron chi connectivity index (χ0n) is 13.8. The van der Waals surface area contributed by atoms with Crippen LogP contribution in [-0.4, -0.2) is 29.1 Å². The first-order valence-electron chi connectivity index (χ1n) is 8.04. The molecule has 2 amide bonds. The Hall–Kier alpha value is -2.70. The molecule has 1 fully saturated rings. The molecule has 1 saturated carbocycles. The Morgan fingerprint density at radius 1 is 1.32 bits per heavy atom. The van der Waals surface area contributed by atoms with Gasteiger partial charge in [0.1, 0.15) is 11.6 Å². The summed E-state index contributed by atoms with van der Waals surface area (Å²) in [6.07, 6.45) is 3.37. The number of nitrogens with one attached hydrogen (secondary N) is 1. The van der Waals surface area contributed by atoms with Crippen LogP contribution in [0.2, 0.25) is 0 Å². The number of benzene rings is 1. The molecule has 7 heteroatoms. The Morgan fingerprint density at radius 3 is 2.80 bits per heavy atom. The summed E-state index contributed by atoms with van der Waals surface area (Å²) in [5.41, 5.74) is 1.05. The fourth-order valence-electron chi connectivity index (χ4n) is 2.60. The number of pyridine rings is 1. The van der Waals surface area contributed by atoms with Gasteiger partial charge in [0.2, 0.25) is 5.88 Å². The van der Waals surface area contributed by atoms with Crippen molar-refractivity contribution >= 4 is 6.03 Å². The van der Waals surface area contributed by atoms with Gasteiger partial charge in [0.05, 0.1) is 13.7 Å². The number of methoxy groups -OCH3 is 1. The van der Waals surface area contributed by atoms with Crippen molar-refractivity contribution in [1.29, 1.82) is 0 Å². The predicted molar refractivity (Wildman–Crippen MR) is 87.9 cm³/mol. The van der Waals surface area contributed by atoms with Crippen LogP contribution in [0.3, 0.4) is 0 Å². The molecule has 0 radical (unpaired) electrons. The number of rotatable bonds is 6. The first-order valence-corrected chi connectivity index (χ1v) is 8.04. The standard InChI is InChI=1S/C18H19F2N3O2/c1-25-17-12(3-2-8-21-17)10-22-18(24)23(15-6-7-15)11-13-4-5-14(19)9-16(13)20/h2-5,8-9,15H,6-7,10-11H2,1H3,(H,22,24). The van der Waals surface area contributed by atoms with Gasteiger partial charge in [-0.3, -0.25) is 0 Å². The number of urea groups is 1. The van der Waals surface area contributed by atoms with Crippen molar-refractivity contribution in [3.05, 3.63) is 59.3 Å². The minimum Gasteiger partial charge on any atom is -0.481 e. The van der Waals surface area contributed by atoms with Crippen LogP contribution in [-0.2, 0) is 13.1 Å². The number of halogens is 2. The van der Waals surface area contributed by atoms with Crippen LogP contribution in [0.25, 0.3) is 0 Å². The van der Waals surface area contributed by atoms with Crippen molar-refractivity contribution in [2.24, 2.45) is 0 Å². The lowest BCUT2D eigenvalue weighted by Gasteiger charge is -2.23. The highest BCUT2D eigenvalue weighted by atomic mass is 19.1. The molecule has 1 heterocycles. The van der Waals surface area contributed by atoms with Crippen LogP contribution in [0.5, 0.6) is 5.88 Å². The van der Waals surface area contributed by atoms with Crippen molar-refractivity contribution in [3.8, 4) is 5.88 Å². The van der Waals surface area contributed by atoms with Crippen molar-refractivity contribution < 1.29 is 18.3 Å². The molecule has 25 heavy (non-hydrogen) atoms. The summed E-state index contributed by atoms with van der Waals surface area (Å²) in [4.78, 5) is 18.2. The molecular weight excluding hydrogens is 328 g/mol. The van der Waals surface area contributed by atoms with E-state index in [1.165, 1.54) is 19.2 Å². The van der Waals surface area contributed by atoms with E-state index in [9.17, 15) is 13.6 Å². The third-order valence-corrected chi connectivity index (χ3v) is 4.08. The van der Waals surface area contributed by atoms with Crippen LogP contribution < -0.4 is 10.1 Å². The number of amides is 2. The smallest absolute Gasteiger partial charge is 0.318 e. The molecular formula is C18H19F2N3O2. The average Bonchev–Trinajstić information content (AvgIpc) is 3.44. The fourth-order valence-corrected chi connectivity index (χ4v) is 2.60. The fraction of sp³-hybridized carbons (Fsp3) is 0.333. The maximum absolute atomic E-state index is 13.9. The molecule has 0 bridgehead atoms. The van der Waals surface area contributed by atoms with Crippen molar-refractivity contribution in [1.82, 2.24) is 15.2 Å². The lowest BCUT2D eigenvalue weighted by Crippen LogP contribution is -2.40. The summed E-state index contributed by atoms with van der Waals surface area (Å²) >= 11 is 0. The number of ether oxygens (including phenoxy) is 1. The number of nitrogens with zero attached hydrogens (tertiary/aromatic N) is 2. The van der Waals surface area contributed by atoms with E-state index in [1.54, 1.807) is 17.2 Å². The highest BCUT2D eigenvalue weighted by Gasteiger charge is 2.33. The van der Waals surface area contributed by atoms with Gasteiger partial charge in [-0.15, -0.1) is 0 Å². The molecule has 2 aromatic rings. The van der Waals surface area contributed by atoms with Gasteiger partial charge >= 0.3 is 6.03 Å². The molecule has 1 aliphatic rings. The minimum atomic E-state index is -0.646. The summed E-state index contributed by atoms with van der Waals surface area (Å²) in [7, 11) is 1.52. The minimum absolute atomic E-state index is 0.0836. The van der Waals surface area contributed by atoms with E-state index < -0.39 is 11.6 Å². The summed E-state index contributed by atoms with van der Waals surface area (Å²) < 4.78 is 32.1. The summed E-state index contributed by atoms with van der Waals surface area (Å²) in [6.45, 7) is 0.359. The van der Waals surface area contributed by atoms with Gasteiger partial charge in [0, 0.05) is 36.0 Å². The predicted octanol–water partition coefficient (Wildman–Crippen LogP) is 3.24. The summed E-state index contributed by atoms with van der Waals surface area (Å²) in [6, 6.07) is 6.76. The Balaban J connectivity index is 1.67. The molecule has 1 aliphatic carbocycles. The Bertz CT molecular complexity index is 766. The molecule has 1 N–H and O–H groups in total. The van der Waals surface area contributed by atoms with Gasteiger partial charge in [-0.05, 0) is 25.0 Å². The quantitative estimate of drug-likeness (QED) is 0.873. The SMILES string of the molecule is COc1ncccc1CNC(=O)N(Cc1ccc(F)cc1F)C1CC1. The molecule has 132 valence electrons. The van der Waals surface area contributed by atoms with Crippen LogP contribution >= 0.6 is 0 Å². The highest BCUT2D eigenvalue weighted by Crippen LogP contribution is 2.29. The van der Waals surface area contributed by atoms with Gasteiger partial charge in [0.25, 0.3) is 0 Å². The number of carbonyl (C=O) groups excluding carboxylic acids is 1. The van der Waals surface area contributed by atoms with Gasteiger partial charge in [-0.2, -0.15) is 0 Å². The Labute approximate surface area is 144 Å². The monoisotopic (exact) mass is 347 g/mol. The molecule has 0 aliphatic heterocycles. The Morgan fingerprint density at radius 2 is 2.12 bits per heavy atom. The maximum atomic E-state index is 13.9. The number of hydrogen-bond donors (Lipinski definition) is 1. The van der Waals surface area contributed by atoms with E-state index in [1.807, 2.05) is 6.07 Å². The zero-order valence-corrected chi connectivity index (χ0v) is 13.8. The van der Waals surface area contributed by atoms with Gasteiger partial charge < -0.3 is 15.0 Å². The largest absolute Gasteiger partial charge is 0.481 e. The number of hydrogen-bond acceptors (Lipinski definition) is 3. The second-order valence-electron chi connectivity index (χ2n) is 5.93. The Kier molecular flexibility index (Phi) is 5.11. The van der Waals surface area contributed by atoms with Gasteiger partial charge in [-0.1, -0.05) is 12.1 Å². The molecule has 1 aromatic carbocycles. The lowest BCUT2D eigenvalue weighted by molar-refractivity contribution is 0.190. The van der Waals surface area contributed by atoms with Crippen LogP contribution in [0.15, 0.2) is 36.5 Å². The lowest BCUT2D eigenvalue weighted by atomic mass is 10.2. The van der Waals surface area contributed by atoms with Crippen LogP contribution in [0.1, 0.15) is 24.0 Å². The summed E-state index contributed by atoms with van der Waals surface area (Å²) in [5, 5.41) is 2.82. The molecule has 1 aromatic heterocycles. The van der Waals surface area contributed by atoms with Crippen molar-refractivity contribution in [3.63, 3.8) is 0 Å². The highest BCUT2D eigenvalue weighted by molar-refractivity contribution is 5.75.